The van der Waals surface area contributed by atoms with E-state index >= 15 is 0 Å². The minimum atomic E-state index is 0.307. The molecule has 0 unspecified atom stereocenters. The summed E-state index contributed by atoms with van der Waals surface area (Å²) < 4.78 is 0. The van der Waals surface area contributed by atoms with E-state index in [2.05, 4.69) is 53.1 Å². The second kappa shape index (κ2) is 8.34. The molecule has 2 rings (SSSR count). The number of carbonyl (C=O) groups is 1. The fourth-order valence-corrected chi connectivity index (χ4v) is 3.21. The van der Waals surface area contributed by atoms with Gasteiger partial charge in [0.2, 0.25) is 5.91 Å². The van der Waals surface area contributed by atoms with Gasteiger partial charge in [0.25, 0.3) is 0 Å². The quantitative estimate of drug-likeness (QED) is 0.835. The number of benzene rings is 1. The normalized spacial score (nSPS) is 18.8. The minimum absolute atomic E-state index is 0.307. The Bertz CT molecular complexity index is 496. The average molecular weight is 317 g/mol. The summed E-state index contributed by atoms with van der Waals surface area (Å²) in [4.78, 5) is 18.9. The predicted octanol–water partition coefficient (Wildman–Crippen LogP) is 2.63. The summed E-state index contributed by atoms with van der Waals surface area (Å²) in [5.41, 5.74) is 2.44. The Morgan fingerprint density at radius 1 is 1.09 bits per heavy atom. The van der Waals surface area contributed by atoms with E-state index in [1.54, 1.807) is 0 Å². The second-order valence-electron chi connectivity index (χ2n) is 6.99. The van der Waals surface area contributed by atoms with Crippen LogP contribution in [-0.4, -0.2) is 63.0 Å². The molecular weight excluding hydrogens is 286 g/mol. The van der Waals surface area contributed by atoms with E-state index in [0.29, 0.717) is 18.4 Å². The number of carbonyl (C=O) groups excluding carboxylic acids is 1. The van der Waals surface area contributed by atoms with Crippen LogP contribution in [0.25, 0.3) is 0 Å². The molecule has 1 aromatic rings. The number of rotatable bonds is 5. The van der Waals surface area contributed by atoms with Crippen molar-refractivity contribution in [2.24, 2.45) is 0 Å². The number of hydrogen-bond donors (Lipinski definition) is 0. The van der Waals surface area contributed by atoms with Crippen molar-refractivity contribution < 1.29 is 4.79 Å². The van der Waals surface area contributed by atoms with E-state index in [1.165, 1.54) is 17.7 Å². The van der Waals surface area contributed by atoms with Crippen molar-refractivity contribution in [3.8, 4) is 0 Å². The summed E-state index contributed by atoms with van der Waals surface area (Å²) in [6.07, 6.45) is 4.86. The fourth-order valence-electron chi connectivity index (χ4n) is 3.21. The molecule has 23 heavy (non-hydrogen) atoms. The Hall–Kier alpha value is -1.55. The molecule has 1 fully saturated rings. The van der Waals surface area contributed by atoms with Gasteiger partial charge in [-0.25, -0.2) is 0 Å². The molecule has 128 valence electrons. The van der Waals surface area contributed by atoms with Crippen LogP contribution in [0.4, 0.5) is 5.69 Å². The van der Waals surface area contributed by atoms with Gasteiger partial charge in [-0.3, -0.25) is 4.79 Å². The van der Waals surface area contributed by atoms with E-state index < -0.39 is 0 Å². The predicted molar refractivity (Wildman–Crippen MR) is 97.0 cm³/mol. The van der Waals surface area contributed by atoms with E-state index in [9.17, 15) is 4.79 Å². The van der Waals surface area contributed by atoms with Crippen LogP contribution in [0.3, 0.4) is 0 Å². The Balaban J connectivity index is 1.82. The summed E-state index contributed by atoms with van der Waals surface area (Å²) >= 11 is 0. The van der Waals surface area contributed by atoms with Crippen LogP contribution in [0.2, 0.25) is 0 Å². The van der Waals surface area contributed by atoms with Crippen LogP contribution in [0.1, 0.15) is 31.2 Å². The van der Waals surface area contributed by atoms with Crippen molar-refractivity contribution in [1.82, 2.24) is 9.80 Å². The Labute approximate surface area is 141 Å². The first-order valence-corrected chi connectivity index (χ1v) is 8.68. The van der Waals surface area contributed by atoms with Crippen molar-refractivity contribution in [3.63, 3.8) is 0 Å². The fraction of sp³-hybridized carbons (Fsp3) is 0.632. The molecule has 0 aromatic heterocycles. The van der Waals surface area contributed by atoms with Crippen LogP contribution in [0, 0.1) is 0 Å². The number of likely N-dealkylation sites (tertiary alicyclic amines) is 1. The van der Waals surface area contributed by atoms with Crippen molar-refractivity contribution in [1.29, 1.82) is 0 Å². The van der Waals surface area contributed by atoms with Crippen LogP contribution < -0.4 is 4.90 Å². The van der Waals surface area contributed by atoms with Gasteiger partial charge in [-0.15, -0.1) is 0 Å². The molecular formula is C19H31N3O. The molecule has 1 aliphatic rings. The zero-order valence-corrected chi connectivity index (χ0v) is 15.1. The molecule has 0 N–H and O–H groups in total. The van der Waals surface area contributed by atoms with Gasteiger partial charge in [0.05, 0.1) is 0 Å². The smallest absolute Gasteiger partial charge is 0.222 e. The lowest BCUT2D eigenvalue weighted by atomic mass is 10.1. The summed E-state index contributed by atoms with van der Waals surface area (Å²) in [5.74, 6) is 0.307. The topological polar surface area (TPSA) is 26.8 Å². The number of aryl methyl sites for hydroxylation is 1. The van der Waals surface area contributed by atoms with Gasteiger partial charge in [0, 0.05) is 45.3 Å². The molecule has 4 nitrogen and oxygen atoms in total. The van der Waals surface area contributed by atoms with Gasteiger partial charge in [-0.05, 0) is 57.5 Å². The van der Waals surface area contributed by atoms with Crippen molar-refractivity contribution in [2.45, 2.75) is 38.1 Å². The van der Waals surface area contributed by atoms with Gasteiger partial charge >= 0.3 is 0 Å². The molecule has 1 atom stereocenters. The summed E-state index contributed by atoms with van der Waals surface area (Å²) in [6, 6.07) is 9.12. The minimum Gasteiger partial charge on any atom is -0.378 e. The largest absolute Gasteiger partial charge is 0.378 e. The van der Waals surface area contributed by atoms with Crippen molar-refractivity contribution >= 4 is 11.6 Å². The number of amides is 1. The Kier molecular flexibility index (Phi) is 6.46. The molecule has 0 bridgehead atoms. The maximum atomic E-state index is 12.5. The number of anilines is 1. The third-order valence-electron chi connectivity index (χ3n) is 4.86. The highest BCUT2D eigenvalue weighted by molar-refractivity contribution is 5.76. The van der Waals surface area contributed by atoms with E-state index in [1.807, 2.05) is 14.1 Å². The van der Waals surface area contributed by atoms with E-state index in [0.717, 1.165) is 32.4 Å². The van der Waals surface area contributed by atoms with Gasteiger partial charge in [-0.2, -0.15) is 0 Å². The zero-order chi connectivity index (χ0) is 16.8. The Morgan fingerprint density at radius 3 is 2.39 bits per heavy atom. The van der Waals surface area contributed by atoms with Crippen LogP contribution in [-0.2, 0) is 11.2 Å². The molecule has 1 aliphatic heterocycles. The maximum absolute atomic E-state index is 12.5. The first kappa shape index (κ1) is 17.8. The average Bonchev–Trinajstić information content (AvgIpc) is 2.79. The molecule has 1 heterocycles. The molecule has 0 aliphatic carbocycles. The van der Waals surface area contributed by atoms with Gasteiger partial charge < -0.3 is 14.7 Å². The number of nitrogens with zero attached hydrogens (tertiary/aromatic N) is 3. The molecule has 0 spiro atoms. The lowest BCUT2D eigenvalue weighted by Gasteiger charge is -2.23. The number of hydrogen-bond acceptors (Lipinski definition) is 3. The molecule has 4 heteroatoms. The lowest BCUT2D eigenvalue weighted by Crippen LogP contribution is -2.33. The summed E-state index contributed by atoms with van der Waals surface area (Å²) in [7, 11) is 8.36. The van der Waals surface area contributed by atoms with Gasteiger partial charge in [-0.1, -0.05) is 12.1 Å². The lowest BCUT2D eigenvalue weighted by molar-refractivity contribution is -0.131. The summed E-state index contributed by atoms with van der Waals surface area (Å²) in [5, 5.41) is 0. The molecule has 0 saturated carbocycles. The first-order valence-electron chi connectivity index (χ1n) is 8.68. The molecule has 0 radical (unpaired) electrons. The van der Waals surface area contributed by atoms with Crippen molar-refractivity contribution in [2.75, 3.05) is 46.2 Å². The maximum Gasteiger partial charge on any atom is 0.222 e. The third kappa shape index (κ3) is 5.24. The van der Waals surface area contributed by atoms with E-state index in [-0.39, 0.29) is 0 Å². The second-order valence-corrected chi connectivity index (χ2v) is 6.99. The highest BCUT2D eigenvalue weighted by Crippen LogP contribution is 2.17. The molecule has 1 saturated heterocycles. The highest BCUT2D eigenvalue weighted by Gasteiger charge is 2.21. The van der Waals surface area contributed by atoms with E-state index in [4.69, 9.17) is 0 Å². The first-order chi connectivity index (χ1) is 11.0. The van der Waals surface area contributed by atoms with Crippen LogP contribution in [0.15, 0.2) is 24.3 Å². The van der Waals surface area contributed by atoms with Gasteiger partial charge in [0.15, 0.2) is 0 Å². The molecule has 1 aromatic carbocycles. The zero-order valence-electron chi connectivity index (χ0n) is 15.1. The van der Waals surface area contributed by atoms with Crippen LogP contribution >= 0.6 is 0 Å². The monoisotopic (exact) mass is 317 g/mol. The standard InChI is InChI=1S/C19H31N3O/c1-20(2)17-6-5-14-22(15-13-17)19(23)12-9-16-7-10-18(11-8-16)21(3)4/h7-8,10-11,17H,5-6,9,12-15H2,1-4H3/t17-/m0/s1. The third-order valence-corrected chi connectivity index (χ3v) is 4.86. The molecule has 1 amide bonds. The Morgan fingerprint density at radius 2 is 1.78 bits per heavy atom. The van der Waals surface area contributed by atoms with Crippen molar-refractivity contribution in [3.05, 3.63) is 29.8 Å². The van der Waals surface area contributed by atoms with Gasteiger partial charge in [0.1, 0.15) is 0 Å². The SMILES string of the molecule is CN(C)c1ccc(CCC(=O)N2CCC[C@H](N(C)C)CC2)cc1. The van der Waals surface area contributed by atoms with Crippen LogP contribution in [0.5, 0.6) is 0 Å². The summed E-state index contributed by atoms with van der Waals surface area (Å²) in [6.45, 7) is 1.82. The highest BCUT2D eigenvalue weighted by atomic mass is 16.2.